The van der Waals surface area contributed by atoms with Gasteiger partial charge in [0.2, 0.25) is 22.8 Å². The van der Waals surface area contributed by atoms with Crippen molar-refractivity contribution < 1.29 is 62.9 Å². The molecule has 16 aromatic rings. The van der Waals surface area contributed by atoms with Gasteiger partial charge in [0.25, 0.3) is 5.91 Å². The molecule has 12 aromatic heterocycles. The van der Waals surface area contributed by atoms with Crippen LogP contribution in [-0.2, 0) is 19.1 Å². The van der Waals surface area contributed by atoms with Crippen LogP contribution in [0.15, 0.2) is 171 Å². The van der Waals surface area contributed by atoms with Crippen LogP contribution in [0.3, 0.4) is 0 Å². The maximum atomic E-state index is 12.8. The van der Waals surface area contributed by atoms with Crippen LogP contribution in [0.4, 0.5) is 23.3 Å². The molecule has 21 rings (SSSR count). The van der Waals surface area contributed by atoms with Crippen LogP contribution in [0.2, 0.25) is 5.28 Å². The van der Waals surface area contributed by atoms with E-state index in [-0.39, 0.29) is 112 Å². The zero-order valence-corrected chi connectivity index (χ0v) is 94.1. The number of amides is 1. The number of aromatic carboxylic acids is 1. The minimum absolute atomic E-state index is 0. The topological polar surface area (TPSA) is 397 Å². The Labute approximate surface area is 891 Å². The Kier molecular flexibility index (Phi) is 39.1. The van der Waals surface area contributed by atoms with Gasteiger partial charge in [-0.1, -0.05) is 123 Å². The number of alkyl halides is 1. The predicted molar refractivity (Wildman–Crippen MR) is 580 cm³/mol. The molecule has 0 aliphatic heterocycles. The molecule has 12 heterocycles. The van der Waals surface area contributed by atoms with Crippen LogP contribution in [-0.4, -0.2) is 145 Å². The van der Waals surface area contributed by atoms with Gasteiger partial charge in [-0.2, -0.15) is 25.4 Å². The molecule has 0 saturated heterocycles. The van der Waals surface area contributed by atoms with Gasteiger partial charge in [0.1, 0.15) is 44.1 Å². The third kappa shape index (κ3) is 26.8. The number of methoxy groups -OCH3 is 1. The van der Waals surface area contributed by atoms with Gasteiger partial charge in [-0.05, 0) is 229 Å². The smallest absolute Gasteiger partial charge is 0.870 e. The van der Waals surface area contributed by atoms with E-state index in [0.717, 1.165) is 171 Å². The van der Waals surface area contributed by atoms with Gasteiger partial charge in [0, 0.05) is 76.5 Å². The van der Waals surface area contributed by atoms with Crippen LogP contribution in [0.1, 0.15) is 248 Å². The number of pyridine rings is 4. The average molecular weight is 2610 g/mol. The number of hydrogen-bond acceptors (Lipinski definition) is 25. The van der Waals surface area contributed by atoms with Crippen molar-refractivity contribution in [2.75, 3.05) is 33.3 Å². The number of nitrogens with one attached hydrogen (secondary N) is 5. The van der Waals surface area contributed by atoms with Crippen molar-refractivity contribution in [2.45, 2.75) is 200 Å². The first-order valence-corrected chi connectivity index (χ1v) is 70.4. The zero-order valence-electron chi connectivity index (χ0n) is 77.6. The van der Waals surface area contributed by atoms with E-state index in [1.54, 1.807) is 24.8 Å². The van der Waals surface area contributed by atoms with Gasteiger partial charge in [0.05, 0.1) is 78.1 Å². The fourth-order valence-electron chi connectivity index (χ4n) is 16.3. The zero-order chi connectivity index (χ0) is 95.3. The summed E-state index contributed by atoms with van der Waals surface area (Å²) in [6, 6.07) is 42.5. The number of anilines is 4. The van der Waals surface area contributed by atoms with Gasteiger partial charge < -0.3 is 41.9 Å². The molecule has 5 fully saturated rings. The largest absolute Gasteiger partial charge is 1.00 e. The van der Waals surface area contributed by atoms with E-state index in [1.807, 2.05) is 121 Å². The number of aromatic nitrogens is 20. The summed E-state index contributed by atoms with van der Waals surface area (Å²) >= 11 is 20.5. The fraction of sp³-hybridized carbons (Fsp3) is 0.385. The molecule has 31 nitrogen and oxygen atoms in total. The number of hydrogen-bond donors (Lipinski definition) is 6. The van der Waals surface area contributed by atoms with Crippen LogP contribution < -0.4 is 45.4 Å². The molecule has 41 heteroatoms. The molecule has 4 aromatic carbocycles. The number of carbonyl (C=O) groups is 3. The van der Waals surface area contributed by atoms with Gasteiger partial charge in [0.15, 0.2) is 23.3 Å². The van der Waals surface area contributed by atoms with Gasteiger partial charge in [-0.15, -0.1) is 0 Å². The summed E-state index contributed by atoms with van der Waals surface area (Å²) in [5, 5.41) is 50.0. The van der Waals surface area contributed by atoms with Gasteiger partial charge in [-0.25, -0.2) is 44.5 Å². The Bertz CT molecular complexity index is 6870. The minimum atomic E-state index is -1.16. The Morgan fingerprint density at radius 2 is 0.686 bits per heavy atom. The van der Waals surface area contributed by atoms with Crippen molar-refractivity contribution in [3.8, 4) is 0 Å². The van der Waals surface area contributed by atoms with E-state index in [0.29, 0.717) is 67.1 Å². The summed E-state index contributed by atoms with van der Waals surface area (Å²) < 4.78 is 12.7. The Hall–Kier alpha value is -7.27. The fourth-order valence-corrected chi connectivity index (χ4v) is 16.5. The molecule has 4 unspecified atom stereocenters. The number of benzene rings is 4. The van der Waals surface area contributed by atoms with Crippen molar-refractivity contribution >= 4 is 263 Å². The molecular weight excluding hydrogens is 2500 g/mol. The van der Waals surface area contributed by atoms with Crippen molar-refractivity contribution in [1.82, 2.24) is 104 Å². The van der Waals surface area contributed by atoms with Gasteiger partial charge in [-0.3, -0.25) is 43.5 Å². The second-order valence-electron chi connectivity index (χ2n) is 34.3. The molecule has 5 aliphatic rings. The number of para-hydroxylation sites is 4. The third-order valence-electron chi connectivity index (χ3n) is 24.9. The maximum Gasteiger partial charge on any atom is 1.00 e. The van der Waals surface area contributed by atoms with E-state index < -0.39 is 11.9 Å². The molecule has 0 bridgehead atoms. The number of esters is 1. The second kappa shape index (κ2) is 50.1. The van der Waals surface area contributed by atoms with Crippen LogP contribution >= 0.6 is 134 Å². The number of rotatable bonds is 28. The van der Waals surface area contributed by atoms with E-state index in [2.05, 4.69) is 323 Å². The number of halogens is 7. The first-order valence-electron chi connectivity index (χ1n) is 45.3. The molecular formula is C96H106ClI6LiN25O6V2. The molecule has 7 N–H and O–H groups in total. The van der Waals surface area contributed by atoms with Gasteiger partial charge >= 0.3 is 145 Å². The van der Waals surface area contributed by atoms with Crippen molar-refractivity contribution in [2.24, 2.45) is 23.7 Å². The molecule has 5 saturated carbocycles. The van der Waals surface area contributed by atoms with Crippen LogP contribution in [0.5, 0.6) is 0 Å². The first-order chi connectivity index (χ1) is 65.5. The second-order valence-corrected chi connectivity index (χ2v) is 81.8. The standard InChI is InChI=1S/C26H29N7O.C24H26N6O2.C23H24N6O2.C22H23ClN6.CH3I.5HI.Li.H2O.2V/c1-3-15(2)33-23-21(14-28-33)30-25(26(34)29-19-10-11-19)32-24(23)31-22(16-8-9-16)18-12-17-6-4-5-7-20(17)27-13-18;1-4-14(2)30-21-19(13-26-30)27-23(24(31)32-3)29-22(21)28-20(15-9-10-15)17-11-16-7-5-6-8-18(16)25-12-17;1-3-13(2)29-20-18(12-25-29)26-22(23(30)31)28-21(20)27-19(14-8-9-14)16-10-15-6-4-5-7-17(15)24-11-16;1-3-13(2)29-20-18(12-25-29)26-22(23)28-21(20)27-19(14-8-9-14)16-10-15-6-4-5-7-17(15)24-11-16;1-2;;;;;;;;;/h4-7,12-16,19,22H,3,8-11H2,1-2H3,(H,29,34)(H,30,31,32);5-8,11-15,20H,4,9-10H2,1-3H3,(H,27,28,29);4-7,10-14,19H,3,8-9H2,1-2H3,(H,30,31)(H,26,27,28);4-7,10-14,19H,3,8-9H2,1-2H3,(H,26,27,28);1H3;5*1H;;1H2;;/q;;;;;;;;;;+1;;+2;+3/p-6/t15?,22-;14?,20-;2*13?,19-;;;;;;;;;;/m1111........../s1. The summed E-state index contributed by atoms with van der Waals surface area (Å²) in [5.74, 6) is 2.51. The summed E-state index contributed by atoms with van der Waals surface area (Å²) in [7, 11) is 1.96. The SMILES string of the molecule is CCC(C)n1ncc2nc(C(=O)NC3CC3)nc(N[C@@H](c3cnc4ccccc4c3)C3CC3)c21.CCC(C)n1ncc2nc(C(=O)O)nc(N[C@@H](c3cnc4ccccc4c3)C3CC3)c21.CCC(C)n1ncc2nc(C(=O)OC)nc(N[C@@H](c3cnc4ccccc4c3)C3CC3)c21.CCC(C)n1ncc2nc(Cl)nc(N[C@@H](c3cnc4ccccc4c3)C3CC3)c21.CI.[I][V]([I])[I].[I][V][I].[Li+].[OH-]. The number of ether oxygens (including phenoxy) is 1. The average Bonchev–Trinajstić information content (AvgIpc) is 1.65. The van der Waals surface area contributed by atoms with Crippen LogP contribution in [0, 0.1) is 23.7 Å². The van der Waals surface area contributed by atoms with E-state index in [4.69, 9.17) is 26.3 Å². The van der Waals surface area contributed by atoms with Crippen molar-refractivity contribution in [1.29, 1.82) is 0 Å². The number of carboxylic acids is 1. The predicted octanol–water partition coefficient (Wildman–Crippen LogP) is 22.0. The molecule has 0 spiro atoms. The Morgan fingerprint density at radius 1 is 0.423 bits per heavy atom. The monoisotopic (exact) mass is 2610 g/mol. The number of carbonyl (C=O) groups excluding carboxylic acids is 2. The number of fused-ring (bicyclic) bond motifs is 8. The number of carboxylic acid groups (broad SMARTS) is 1. The van der Waals surface area contributed by atoms with E-state index >= 15 is 0 Å². The molecule has 711 valence electrons. The third-order valence-corrected chi connectivity index (χ3v) is 25.1. The minimum Gasteiger partial charge on any atom is -0.870 e. The summed E-state index contributed by atoms with van der Waals surface area (Å²) in [6.45, 7) is 17.0. The van der Waals surface area contributed by atoms with Crippen molar-refractivity contribution in [3.05, 3.63) is 216 Å². The summed E-state index contributed by atoms with van der Waals surface area (Å²) in [6.07, 6.45) is 29.5. The van der Waals surface area contributed by atoms with Crippen LogP contribution in [0.25, 0.3) is 87.7 Å². The Balaban J connectivity index is 0.000000149. The molecule has 1 amide bonds. The normalized spacial score (nSPS) is 15.4. The quantitative estimate of drug-likeness (QED) is 0.00872. The molecule has 0 radical (unpaired) electrons. The molecule has 8 atom stereocenters. The summed E-state index contributed by atoms with van der Waals surface area (Å²) in [4.78, 5) is 92.9. The molecule has 5 aliphatic carbocycles. The number of nitrogens with zero attached hydrogens (tertiary/aromatic N) is 20. The maximum absolute atomic E-state index is 12.8. The van der Waals surface area contributed by atoms with E-state index in [9.17, 15) is 19.5 Å². The molecule has 137 heavy (non-hydrogen) atoms. The first kappa shape index (κ1) is 107. The Morgan fingerprint density at radius 3 is 0.964 bits per heavy atom. The van der Waals surface area contributed by atoms with E-state index in [1.165, 1.54) is 25.5 Å². The van der Waals surface area contributed by atoms with Crippen molar-refractivity contribution in [3.63, 3.8) is 0 Å². The summed E-state index contributed by atoms with van der Waals surface area (Å²) in [5.41, 5.74) is 14.3.